The lowest BCUT2D eigenvalue weighted by atomic mass is 10.1. The van der Waals surface area contributed by atoms with Gasteiger partial charge in [-0.2, -0.15) is 0 Å². The first kappa shape index (κ1) is 20.0. The van der Waals surface area contributed by atoms with Gasteiger partial charge in [0.05, 0.1) is 30.4 Å². The van der Waals surface area contributed by atoms with Gasteiger partial charge in [-0.25, -0.2) is 8.42 Å². The summed E-state index contributed by atoms with van der Waals surface area (Å²) in [7, 11) is -0.990. The number of hydrogen-bond acceptors (Lipinski definition) is 5. The molecule has 1 amide bonds. The number of likely N-dealkylation sites (tertiary alicyclic amines) is 1. The molecular weight excluding hydrogens is 380 g/mol. The van der Waals surface area contributed by atoms with Gasteiger partial charge in [0.25, 0.3) is 15.9 Å². The molecule has 7 nitrogen and oxygen atoms in total. The molecule has 1 aliphatic heterocycles. The predicted octanol–water partition coefficient (Wildman–Crippen LogP) is 3.05. The summed E-state index contributed by atoms with van der Waals surface area (Å²) in [6.45, 7) is 3.19. The fourth-order valence-corrected chi connectivity index (χ4v) is 4.30. The van der Waals surface area contributed by atoms with E-state index in [0.29, 0.717) is 30.3 Å². The highest BCUT2D eigenvalue weighted by molar-refractivity contribution is 7.92. The number of amides is 1. The lowest BCUT2D eigenvalue weighted by Gasteiger charge is -2.18. The second-order valence-electron chi connectivity index (χ2n) is 6.67. The maximum atomic E-state index is 12.9. The van der Waals surface area contributed by atoms with Gasteiger partial charge in [0.2, 0.25) is 0 Å². The van der Waals surface area contributed by atoms with Gasteiger partial charge in [0.1, 0.15) is 11.5 Å². The summed E-state index contributed by atoms with van der Waals surface area (Å²) in [5.74, 6) is 0.541. The lowest BCUT2D eigenvalue weighted by Crippen LogP contribution is -2.28. The Bertz CT molecular complexity index is 982. The van der Waals surface area contributed by atoms with Gasteiger partial charge in [-0.3, -0.25) is 9.52 Å². The van der Waals surface area contributed by atoms with Gasteiger partial charge in [0.15, 0.2) is 0 Å². The standard InChI is InChI=1S/C20H24N2O5S/c1-14-6-8-19(27-3)17(12-14)21-28(24,25)15-7-9-18(26-2)16(13-15)20(23)22-10-4-5-11-22/h6-9,12-13,21H,4-5,10-11H2,1-3H3. The van der Waals surface area contributed by atoms with Gasteiger partial charge in [-0.05, 0) is 55.7 Å². The fraction of sp³-hybridized carbons (Fsp3) is 0.350. The zero-order valence-electron chi connectivity index (χ0n) is 16.2. The molecule has 0 bridgehead atoms. The molecule has 1 saturated heterocycles. The van der Waals surface area contributed by atoms with E-state index in [4.69, 9.17) is 9.47 Å². The largest absolute Gasteiger partial charge is 0.496 e. The van der Waals surface area contributed by atoms with Crippen LogP contribution in [0.2, 0.25) is 0 Å². The van der Waals surface area contributed by atoms with Crippen LogP contribution < -0.4 is 14.2 Å². The van der Waals surface area contributed by atoms with Crippen LogP contribution in [0.1, 0.15) is 28.8 Å². The predicted molar refractivity (Wildman–Crippen MR) is 107 cm³/mol. The Hall–Kier alpha value is -2.74. The highest BCUT2D eigenvalue weighted by Crippen LogP contribution is 2.30. The highest BCUT2D eigenvalue weighted by Gasteiger charge is 2.25. The molecule has 3 rings (SSSR count). The van der Waals surface area contributed by atoms with E-state index in [-0.39, 0.29) is 16.4 Å². The van der Waals surface area contributed by atoms with Crippen LogP contribution in [0, 0.1) is 6.92 Å². The van der Waals surface area contributed by atoms with E-state index in [1.54, 1.807) is 17.0 Å². The average Bonchev–Trinajstić information content (AvgIpc) is 3.21. The van der Waals surface area contributed by atoms with Crippen LogP contribution in [-0.2, 0) is 10.0 Å². The van der Waals surface area contributed by atoms with Crippen molar-refractivity contribution in [2.45, 2.75) is 24.7 Å². The third-order valence-corrected chi connectivity index (χ3v) is 6.07. The molecule has 28 heavy (non-hydrogen) atoms. The summed E-state index contributed by atoms with van der Waals surface area (Å²) < 4.78 is 39.0. The van der Waals surface area contributed by atoms with Gasteiger partial charge >= 0.3 is 0 Å². The Labute approximate surface area is 165 Å². The third-order valence-electron chi connectivity index (χ3n) is 4.70. The summed E-state index contributed by atoms with van der Waals surface area (Å²) in [5.41, 5.74) is 1.47. The second-order valence-corrected chi connectivity index (χ2v) is 8.35. The highest BCUT2D eigenvalue weighted by atomic mass is 32.2. The van der Waals surface area contributed by atoms with E-state index in [1.165, 1.54) is 32.4 Å². The maximum absolute atomic E-state index is 12.9. The third kappa shape index (κ3) is 4.06. The molecule has 0 atom stereocenters. The molecule has 1 aliphatic rings. The zero-order chi connectivity index (χ0) is 20.3. The first-order chi connectivity index (χ1) is 13.4. The second kappa shape index (κ2) is 8.10. The van der Waals surface area contributed by atoms with Crippen molar-refractivity contribution >= 4 is 21.6 Å². The average molecular weight is 404 g/mol. The minimum atomic E-state index is -3.92. The van der Waals surface area contributed by atoms with E-state index < -0.39 is 10.0 Å². The monoisotopic (exact) mass is 404 g/mol. The number of ether oxygens (including phenoxy) is 2. The summed E-state index contributed by atoms with van der Waals surface area (Å²) in [6, 6.07) is 9.51. The van der Waals surface area contributed by atoms with Crippen molar-refractivity contribution < 1.29 is 22.7 Å². The van der Waals surface area contributed by atoms with E-state index in [1.807, 2.05) is 13.0 Å². The smallest absolute Gasteiger partial charge is 0.262 e. The van der Waals surface area contributed by atoms with Gasteiger partial charge in [0, 0.05) is 13.1 Å². The minimum absolute atomic E-state index is 0.0144. The number of rotatable bonds is 6. The van der Waals surface area contributed by atoms with Crippen molar-refractivity contribution in [3.8, 4) is 11.5 Å². The summed E-state index contributed by atoms with van der Waals surface area (Å²) in [6.07, 6.45) is 1.89. The maximum Gasteiger partial charge on any atom is 0.262 e. The number of carbonyl (C=O) groups is 1. The molecule has 1 heterocycles. The number of sulfonamides is 1. The molecule has 0 spiro atoms. The van der Waals surface area contributed by atoms with Crippen molar-refractivity contribution in [2.24, 2.45) is 0 Å². The van der Waals surface area contributed by atoms with E-state index in [2.05, 4.69) is 4.72 Å². The van der Waals surface area contributed by atoms with Crippen molar-refractivity contribution in [1.82, 2.24) is 4.90 Å². The molecule has 8 heteroatoms. The van der Waals surface area contributed by atoms with Crippen LogP contribution >= 0.6 is 0 Å². The number of nitrogens with zero attached hydrogens (tertiary/aromatic N) is 1. The van der Waals surface area contributed by atoms with Crippen molar-refractivity contribution in [3.63, 3.8) is 0 Å². The molecule has 2 aromatic carbocycles. The molecule has 0 aromatic heterocycles. The number of hydrogen-bond donors (Lipinski definition) is 1. The Morgan fingerprint density at radius 3 is 2.29 bits per heavy atom. The quantitative estimate of drug-likeness (QED) is 0.800. The fourth-order valence-electron chi connectivity index (χ4n) is 3.22. The van der Waals surface area contributed by atoms with Crippen molar-refractivity contribution in [1.29, 1.82) is 0 Å². The van der Waals surface area contributed by atoms with E-state index in [9.17, 15) is 13.2 Å². The summed E-state index contributed by atoms with van der Waals surface area (Å²) >= 11 is 0. The normalized spacial score (nSPS) is 14.0. The molecular formula is C20H24N2O5S. The first-order valence-corrected chi connectivity index (χ1v) is 10.5. The number of anilines is 1. The number of methoxy groups -OCH3 is 2. The molecule has 150 valence electrons. The van der Waals surface area contributed by atoms with Gasteiger partial charge in [-0.15, -0.1) is 0 Å². The molecule has 0 saturated carbocycles. The Kier molecular flexibility index (Phi) is 5.79. The summed E-state index contributed by atoms with van der Waals surface area (Å²) in [5, 5.41) is 0. The topological polar surface area (TPSA) is 84.9 Å². The van der Waals surface area contributed by atoms with Gasteiger partial charge in [-0.1, -0.05) is 6.07 Å². The van der Waals surface area contributed by atoms with Crippen LogP contribution in [0.3, 0.4) is 0 Å². The molecule has 0 radical (unpaired) electrons. The molecule has 1 N–H and O–H groups in total. The Morgan fingerprint density at radius 1 is 1.00 bits per heavy atom. The van der Waals surface area contributed by atoms with E-state index >= 15 is 0 Å². The van der Waals surface area contributed by atoms with Crippen LogP contribution in [0.15, 0.2) is 41.3 Å². The molecule has 2 aromatic rings. The molecule has 0 unspecified atom stereocenters. The Balaban J connectivity index is 1.97. The van der Waals surface area contributed by atoms with Crippen LogP contribution in [0.4, 0.5) is 5.69 Å². The van der Waals surface area contributed by atoms with Crippen LogP contribution in [0.5, 0.6) is 11.5 Å². The zero-order valence-corrected chi connectivity index (χ0v) is 17.0. The number of nitrogens with one attached hydrogen (secondary N) is 1. The number of carbonyl (C=O) groups excluding carboxylic acids is 1. The first-order valence-electron chi connectivity index (χ1n) is 9.00. The SMILES string of the molecule is COc1ccc(C)cc1NS(=O)(=O)c1ccc(OC)c(C(=O)N2CCCC2)c1. The lowest BCUT2D eigenvalue weighted by molar-refractivity contribution is 0.0789. The molecule has 1 fully saturated rings. The van der Waals surface area contributed by atoms with Gasteiger partial charge < -0.3 is 14.4 Å². The number of aryl methyl sites for hydroxylation is 1. The van der Waals surface area contributed by atoms with Crippen LogP contribution in [0.25, 0.3) is 0 Å². The summed E-state index contributed by atoms with van der Waals surface area (Å²) in [4.78, 5) is 14.5. The minimum Gasteiger partial charge on any atom is -0.496 e. The Morgan fingerprint density at radius 2 is 1.64 bits per heavy atom. The van der Waals surface area contributed by atoms with E-state index in [0.717, 1.165) is 18.4 Å². The van der Waals surface area contributed by atoms with Crippen molar-refractivity contribution in [2.75, 3.05) is 32.0 Å². The van der Waals surface area contributed by atoms with Crippen LogP contribution in [-0.4, -0.2) is 46.5 Å². The number of benzene rings is 2. The molecule has 0 aliphatic carbocycles. The van der Waals surface area contributed by atoms with Crippen molar-refractivity contribution in [3.05, 3.63) is 47.5 Å².